The summed E-state index contributed by atoms with van der Waals surface area (Å²) in [7, 11) is 0. The van der Waals surface area contributed by atoms with E-state index < -0.39 is 0 Å². The van der Waals surface area contributed by atoms with Crippen molar-refractivity contribution >= 4 is 11.6 Å². The van der Waals surface area contributed by atoms with Crippen LogP contribution in [-0.4, -0.2) is 34.1 Å². The molecule has 7 heteroatoms. The Morgan fingerprint density at radius 1 is 1.42 bits per heavy atom. The molecule has 2 rings (SSSR count). The fourth-order valence-electron chi connectivity index (χ4n) is 1.55. The van der Waals surface area contributed by atoms with Crippen LogP contribution in [0, 0.1) is 0 Å². The van der Waals surface area contributed by atoms with E-state index in [0.717, 1.165) is 12.2 Å². The maximum atomic E-state index is 11.9. The largest absolute Gasteiger partial charge is 0.385 e. The summed E-state index contributed by atoms with van der Waals surface area (Å²) < 4.78 is 4.83. The van der Waals surface area contributed by atoms with E-state index in [1.54, 1.807) is 12.3 Å². The second kappa shape index (κ2) is 6.48. The molecule has 2 heterocycles. The Hall–Kier alpha value is -2.44. The number of rotatable bonds is 6. The summed E-state index contributed by atoms with van der Waals surface area (Å²) in [6.45, 7) is 3.21. The lowest BCUT2D eigenvalue weighted by molar-refractivity contribution is 0.0948. The zero-order valence-corrected chi connectivity index (χ0v) is 10.6. The van der Waals surface area contributed by atoms with Crippen LogP contribution in [0.1, 0.15) is 23.3 Å². The molecule has 100 valence electrons. The standard InChI is InChI=1S/C12H15N5O2/c1-2-13-9-3-5-14-10(7-9)12(18)15-6-4-11-16-8-17-19-11/h3,5,7-8H,2,4,6H2,1H3,(H,13,14)(H,15,18). The van der Waals surface area contributed by atoms with Gasteiger partial charge in [0.2, 0.25) is 5.89 Å². The van der Waals surface area contributed by atoms with E-state index in [0.29, 0.717) is 24.6 Å². The van der Waals surface area contributed by atoms with Crippen LogP contribution in [0.2, 0.25) is 0 Å². The predicted molar refractivity (Wildman–Crippen MR) is 68.7 cm³/mol. The van der Waals surface area contributed by atoms with Gasteiger partial charge in [-0.1, -0.05) is 5.16 Å². The molecule has 2 aromatic heterocycles. The zero-order valence-electron chi connectivity index (χ0n) is 10.6. The Morgan fingerprint density at radius 3 is 3.05 bits per heavy atom. The lowest BCUT2D eigenvalue weighted by Crippen LogP contribution is -2.26. The first-order valence-corrected chi connectivity index (χ1v) is 6.03. The van der Waals surface area contributed by atoms with Gasteiger partial charge in [0.05, 0.1) is 0 Å². The maximum absolute atomic E-state index is 11.9. The van der Waals surface area contributed by atoms with Crippen molar-refractivity contribution in [1.29, 1.82) is 0 Å². The number of carbonyl (C=O) groups is 1. The Bertz CT molecular complexity index is 527. The van der Waals surface area contributed by atoms with Crippen LogP contribution in [0.4, 0.5) is 5.69 Å². The molecule has 0 radical (unpaired) electrons. The molecule has 0 fully saturated rings. The van der Waals surface area contributed by atoms with Gasteiger partial charge < -0.3 is 15.2 Å². The zero-order chi connectivity index (χ0) is 13.5. The Morgan fingerprint density at radius 2 is 2.32 bits per heavy atom. The normalized spacial score (nSPS) is 10.2. The second-order valence-electron chi connectivity index (χ2n) is 3.80. The van der Waals surface area contributed by atoms with E-state index in [-0.39, 0.29) is 5.91 Å². The second-order valence-corrected chi connectivity index (χ2v) is 3.80. The minimum atomic E-state index is -0.223. The van der Waals surface area contributed by atoms with Gasteiger partial charge in [-0.05, 0) is 19.1 Å². The summed E-state index contributed by atoms with van der Waals surface area (Å²) in [5.74, 6) is 0.272. The summed E-state index contributed by atoms with van der Waals surface area (Å²) in [6.07, 6.45) is 3.43. The van der Waals surface area contributed by atoms with Gasteiger partial charge in [-0.2, -0.15) is 4.98 Å². The van der Waals surface area contributed by atoms with E-state index in [9.17, 15) is 4.79 Å². The SMILES string of the molecule is CCNc1ccnc(C(=O)NCCc2ncno2)c1. The van der Waals surface area contributed by atoms with Crippen LogP contribution in [0.3, 0.4) is 0 Å². The Balaban J connectivity index is 1.87. The van der Waals surface area contributed by atoms with Crippen molar-refractivity contribution in [2.45, 2.75) is 13.3 Å². The van der Waals surface area contributed by atoms with E-state index >= 15 is 0 Å². The molecule has 0 unspecified atom stereocenters. The number of aromatic nitrogens is 3. The molecule has 0 aromatic carbocycles. The van der Waals surface area contributed by atoms with Crippen molar-refractivity contribution in [2.24, 2.45) is 0 Å². The first-order chi connectivity index (χ1) is 9.29. The molecule has 0 spiro atoms. The van der Waals surface area contributed by atoms with Gasteiger partial charge in [-0.3, -0.25) is 9.78 Å². The van der Waals surface area contributed by atoms with Gasteiger partial charge in [0.1, 0.15) is 5.69 Å². The summed E-state index contributed by atoms with van der Waals surface area (Å²) in [4.78, 5) is 19.8. The van der Waals surface area contributed by atoms with Gasteiger partial charge in [-0.25, -0.2) is 0 Å². The minimum absolute atomic E-state index is 0.223. The highest BCUT2D eigenvalue weighted by atomic mass is 16.5. The molecular formula is C12H15N5O2. The number of pyridine rings is 1. The summed E-state index contributed by atoms with van der Waals surface area (Å²) in [5.41, 5.74) is 1.25. The van der Waals surface area contributed by atoms with Crippen molar-refractivity contribution in [3.63, 3.8) is 0 Å². The number of hydrogen-bond acceptors (Lipinski definition) is 6. The molecule has 0 aliphatic rings. The number of hydrogen-bond donors (Lipinski definition) is 2. The number of amides is 1. The molecule has 2 N–H and O–H groups in total. The molecule has 19 heavy (non-hydrogen) atoms. The first-order valence-electron chi connectivity index (χ1n) is 6.03. The molecule has 7 nitrogen and oxygen atoms in total. The number of carbonyl (C=O) groups excluding carboxylic acids is 1. The van der Waals surface area contributed by atoms with Crippen molar-refractivity contribution in [3.05, 3.63) is 36.2 Å². The molecular weight excluding hydrogens is 246 g/mol. The van der Waals surface area contributed by atoms with Gasteiger partial charge in [0.25, 0.3) is 5.91 Å². The van der Waals surface area contributed by atoms with Crippen molar-refractivity contribution in [1.82, 2.24) is 20.4 Å². The maximum Gasteiger partial charge on any atom is 0.269 e. The van der Waals surface area contributed by atoms with Crippen LogP contribution in [0.15, 0.2) is 29.2 Å². The quantitative estimate of drug-likeness (QED) is 0.801. The topological polar surface area (TPSA) is 92.9 Å². The van der Waals surface area contributed by atoms with Crippen LogP contribution in [0.25, 0.3) is 0 Å². The van der Waals surface area contributed by atoms with Crippen LogP contribution >= 0.6 is 0 Å². The molecule has 0 atom stereocenters. The van der Waals surface area contributed by atoms with E-state index in [1.807, 2.05) is 13.0 Å². The number of nitrogens with zero attached hydrogens (tertiary/aromatic N) is 3. The van der Waals surface area contributed by atoms with Gasteiger partial charge >= 0.3 is 0 Å². The molecule has 2 aromatic rings. The molecule has 1 amide bonds. The molecule has 0 aliphatic carbocycles. The van der Waals surface area contributed by atoms with Crippen LogP contribution in [-0.2, 0) is 6.42 Å². The van der Waals surface area contributed by atoms with Gasteiger partial charge in [0, 0.05) is 31.4 Å². The summed E-state index contributed by atoms with van der Waals surface area (Å²) >= 11 is 0. The highest BCUT2D eigenvalue weighted by Crippen LogP contribution is 2.07. The summed E-state index contributed by atoms with van der Waals surface area (Å²) in [6, 6.07) is 3.53. The molecule has 0 aliphatic heterocycles. The smallest absolute Gasteiger partial charge is 0.269 e. The predicted octanol–water partition coefficient (Wildman–Crippen LogP) is 0.869. The summed E-state index contributed by atoms with van der Waals surface area (Å²) in [5, 5.41) is 9.37. The monoisotopic (exact) mass is 261 g/mol. The Labute approximate surface area is 110 Å². The fourth-order valence-corrected chi connectivity index (χ4v) is 1.55. The van der Waals surface area contributed by atoms with Crippen molar-refractivity contribution in [3.8, 4) is 0 Å². The van der Waals surface area contributed by atoms with Gasteiger partial charge in [-0.15, -0.1) is 0 Å². The molecule has 0 saturated carbocycles. The average molecular weight is 261 g/mol. The highest BCUT2D eigenvalue weighted by molar-refractivity contribution is 5.93. The molecule has 0 saturated heterocycles. The van der Waals surface area contributed by atoms with Crippen LogP contribution in [0.5, 0.6) is 0 Å². The van der Waals surface area contributed by atoms with E-state index in [1.165, 1.54) is 6.33 Å². The number of nitrogens with one attached hydrogen (secondary N) is 2. The van der Waals surface area contributed by atoms with Crippen molar-refractivity contribution < 1.29 is 9.32 Å². The first kappa shape index (κ1) is 13.0. The Kier molecular flexibility index (Phi) is 4.44. The van der Waals surface area contributed by atoms with E-state index in [2.05, 4.69) is 25.8 Å². The third-order valence-electron chi connectivity index (χ3n) is 2.40. The van der Waals surface area contributed by atoms with Gasteiger partial charge in [0.15, 0.2) is 6.33 Å². The van der Waals surface area contributed by atoms with E-state index in [4.69, 9.17) is 4.52 Å². The molecule has 0 bridgehead atoms. The minimum Gasteiger partial charge on any atom is -0.385 e. The fraction of sp³-hybridized carbons (Fsp3) is 0.333. The third-order valence-corrected chi connectivity index (χ3v) is 2.40. The lowest BCUT2D eigenvalue weighted by atomic mass is 10.3. The average Bonchev–Trinajstić information content (AvgIpc) is 2.92. The highest BCUT2D eigenvalue weighted by Gasteiger charge is 2.08. The number of anilines is 1. The third kappa shape index (κ3) is 3.77. The van der Waals surface area contributed by atoms with Crippen molar-refractivity contribution in [2.75, 3.05) is 18.4 Å². The lowest BCUT2D eigenvalue weighted by Gasteiger charge is -2.06. The van der Waals surface area contributed by atoms with Crippen LogP contribution < -0.4 is 10.6 Å².